The first-order valence-corrected chi connectivity index (χ1v) is 20.7. The van der Waals surface area contributed by atoms with Crippen molar-refractivity contribution < 1.29 is 4.74 Å². The van der Waals surface area contributed by atoms with Crippen molar-refractivity contribution in [3.63, 3.8) is 0 Å². The van der Waals surface area contributed by atoms with Crippen LogP contribution in [0.1, 0.15) is 0 Å². The molecule has 3 aromatic heterocycles. The normalized spacial score (nSPS) is 12.4. The summed E-state index contributed by atoms with van der Waals surface area (Å²) >= 11 is 0. The zero-order valence-electron chi connectivity index (χ0n) is 32.7. The van der Waals surface area contributed by atoms with Gasteiger partial charge in [-0.1, -0.05) is 127 Å². The van der Waals surface area contributed by atoms with Gasteiger partial charge in [-0.2, -0.15) is 0 Å². The summed E-state index contributed by atoms with van der Waals surface area (Å²) in [6.45, 7) is 0. The lowest BCUT2D eigenvalue weighted by Gasteiger charge is -2.21. The lowest BCUT2D eigenvalue weighted by molar-refractivity contribution is 0.486. The van der Waals surface area contributed by atoms with Gasteiger partial charge in [0.15, 0.2) is 0 Å². The summed E-state index contributed by atoms with van der Waals surface area (Å²) in [5, 5.41) is 13.2. The van der Waals surface area contributed by atoms with Crippen LogP contribution in [-0.4, -0.2) is 19.1 Å². The van der Waals surface area contributed by atoms with E-state index in [1.54, 1.807) is 0 Å². The third-order valence-electron chi connectivity index (χ3n) is 12.9. The quantitative estimate of drug-likeness (QED) is 0.168. The van der Waals surface area contributed by atoms with Crippen LogP contribution in [0, 0.1) is 0 Å². The third kappa shape index (κ3) is 4.60. The maximum absolute atomic E-state index is 6.34. The zero-order chi connectivity index (χ0) is 39.8. The Labute approximate surface area is 348 Å². The average molecular weight is 777 g/mol. The molecule has 1 aliphatic rings. The van der Waals surface area contributed by atoms with E-state index in [9.17, 15) is 0 Å². The molecule has 282 valence electrons. The van der Waals surface area contributed by atoms with E-state index in [-0.39, 0.29) is 0 Å². The Morgan fingerprint density at radius 1 is 0.361 bits per heavy atom. The molecule has 1 aliphatic heterocycles. The molecule has 0 bridgehead atoms. The highest BCUT2D eigenvalue weighted by Gasteiger charge is 2.25. The molecule has 13 aromatic rings. The average Bonchev–Trinajstić information content (AvgIpc) is 3.84. The van der Waals surface area contributed by atoms with E-state index in [1.807, 2.05) is 30.3 Å². The molecule has 0 fully saturated rings. The van der Waals surface area contributed by atoms with Crippen LogP contribution in [0.3, 0.4) is 0 Å². The summed E-state index contributed by atoms with van der Waals surface area (Å²) in [6.07, 6.45) is 0. The van der Waals surface area contributed by atoms with E-state index in [0.29, 0.717) is 5.95 Å². The van der Waals surface area contributed by atoms with Crippen molar-refractivity contribution in [3.8, 4) is 45.5 Å². The van der Waals surface area contributed by atoms with Gasteiger partial charge in [-0.3, -0.25) is 4.57 Å². The van der Waals surface area contributed by atoms with Gasteiger partial charge in [0.25, 0.3) is 0 Å². The number of aromatic nitrogens is 4. The lowest BCUT2D eigenvalue weighted by Crippen LogP contribution is -2.06. The van der Waals surface area contributed by atoms with Gasteiger partial charge < -0.3 is 9.30 Å². The predicted octanol–water partition coefficient (Wildman–Crippen LogP) is 14.7. The number of para-hydroxylation sites is 2. The molecule has 0 amide bonds. The molecular weight excluding hydrogens is 745 g/mol. The predicted molar refractivity (Wildman–Crippen MR) is 252 cm³/mol. The van der Waals surface area contributed by atoms with Crippen LogP contribution < -0.4 is 4.74 Å². The molecule has 0 aliphatic carbocycles. The Kier molecular flexibility index (Phi) is 6.49. The highest BCUT2D eigenvalue weighted by Crippen LogP contribution is 2.46. The van der Waals surface area contributed by atoms with Crippen molar-refractivity contribution in [2.24, 2.45) is 0 Å². The number of hydrogen-bond acceptors (Lipinski definition) is 3. The van der Waals surface area contributed by atoms with Crippen molar-refractivity contribution in [1.82, 2.24) is 19.1 Å². The lowest BCUT2D eigenvalue weighted by atomic mass is 9.99. The summed E-state index contributed by atoms with van der Waals surface area (Å²) in [5.41, 5.74) is 10.6. The summed E-state index contributed by atoms with van der Waals surface area (Å²) < 4.78 is 11.0. The second kappa shape index (κ2) is 12.1. The first-order chi connectivity index (χ1) is 30.2. The Bertz CT molecular complexity index is 4040. The third-order valence-corrected chi connectivity index (χ3v) is 12.9. The van der Waals surface area contributed by atoms with Crippen molar-refractivity contribution in [2.75, 3.05) is 0 Å². The second-order valence-corrected chi connectivity index (χ2v) is 16.1. The standard InChI is InChI=1S/C56H32N4O/c1-3-12-39-33(10-1)20-21-37-30-38(25-27-40(37)39)59-48-28-24-35(31-45(48)53-41-13-4-2-11-34(41)23-29-49(53)59)36-22-26-43-42-14-5-7-17-47(42)60(50(43)32-36)56-57-46-16-9-19-52-54(46)55(58-56)44-15-6-8-18-51(44)61-52/h1-32H. The molecule has 0 atom stereocenters. The molecule has 4 heterocycles. The Morgan fingerprint density at radius 3 is 1.95 bits per heavy atom. The zero-order valence-corrected chi connectivity index (χ0v) is 32.7. The van der Waals surface area contributed by atoms with Crippen LogP contribution in [0.25, 0.3) is 121 Å². The monoisotopic (exact) mass is 776 g/mol. The smallest absolute Gasteiger partial charge is 0.235 e. The van der Waals surface area contributed by atoms with E-state index >= 15 is 0 Å². The van der Waals surface area contributed by atoms with E-state index in [4.69, 9.17) is 14.7 Å². The number of rotatable bonds is 3. The van der Waals surface area contributed by atoms with Crippen LogP contribution in [0.2, 0.25) is 0 Å². The van der Waals surface area contributed by atoms with E-state index in [1.165, 1.54) is 54.1 Å². The Balaban J connectivity index is 0.998. The van der Waals surface area contributed by atoms with E-state index in [0.717, 1.165) is 72.3 Å². The van der Waals surface area contributed by atoms with E-state index < -0.39 is 0 Å². The fraction of sp³-hybridized carbons (Fsp3) is 0. The number of benzene rings is 10. The van der Waals surface area contributed by atoms with Gasteiger partial charge in [-0.05, 0) is 110 Å². The van der Waals surface area contributed by atoms with Crippen LogP contribution in [0.15, 0.2) is 194 Å². The van der Waals surface area contributed by atoms with Crippen molar-refractivity contribution in [3.05, 3.63) is 194 Å². The minimum Gasteiger partial charge on any atom is -0.456 e. The van der Waals surface area contributed by atoms with Gasteiger partial charge in [0, 0.05) is 32.8 Å². The van der Waals surface area contributed by atoms with Crippen LogP contribution >= 0.6 is 0 Å². The number of nitrogens with zero attached hydrogens (tertiary/aromatic N) is 4. The molecule has 0 unspecified atom stereocenters. The minimum atomic E-state index is 0.632. The fourth-order valence-electron chi connectivity index (χ4n) is 10.1. The summed E-state index contributed by atoms with van der Waals surface area (Å²) in [7, 11) is 0. The molecule has 10 aromatic carbocycles. The highest BCUT2D eigenvalue weighted by molar-refractivity contribution is 6.22. The molecular formula is C56H32N4O. The van der Waals surface area contributed by atoms with Crippen LogP contribution in [0.4, 0.5) is 0 Å². The van der Waals surface area contributed by atoms with Gasteiger partial charge >= 0.3 is 0 Å². The first-order valence-electron chi connectivity index (χ1n) is 20.7. The molecule has 61 heavy (non-hydrogen) atoms. The molecule has 14 rings (SSSR count). The van der Waals surface area contributed by atoms with Gasteiger partial charge in [0.05, 0.1) is 38.7 Å². The molecule has 0 N–H and O–H groups in total. The maximum atomic E-state index is 6.34. The van der Waals surface area contributed by atoms with Gasteiger partial charge in [-0.15, -0.1) is 0 Å². The second-order valence-electron chi connectivity index (χ2n) is 16.1. The molecule has 5 nitrogen and oxygen atoms in total. The Morgan fingerprint density at radius 2 is 1.02 bits per heavy atom. The number of fused-ring (bicyclic) bond motifs is 13. The molecule has 5 heteroatoms. The van der Waals surface area contributed by atoms with Crippen molar-refractivity contribution in [1.29, 1.82) is 0 Å². The molecule has 0 spiro atoms. The highest BCUT2D eigenvalue weighted by atomic mass is 16.5. The SMILES string of the molecule is c1ccc2c(c1)Oc1cccc3nc(-n4c5ccccc5c5ccc(-c6ccc7c(c6)c6c8ccccc8ccc6n7-c6ccc7c(ccc8ccccc87)c6)cc54)nc-2c13. The molecule has 0 saturated carbocycles. The van der Waals surface area contributed by atoms with E-state index in [2.05, 4.69) is 173 Å². The van der Waals surface area contributed by atoms with Crippen LogP contribution in [-0.2, 0) is 0 Å². The first kappa shape index (κ1) is 32.7. The van der Waals surface area contributed by atoms with Gasteiger partial charge in [-0.25, -0.2) is 9.97 Å². The fourth-order valence-corrected chi connectivity index (χ4v) is 10.1. The van der Waals surface area contributed by atoms with Crippen molar-refractivity contribution in [2.45, 2.75) is 0 Å². The summed E-state index contributed by atoms with van der Waals surface area (Å²) in [4.78, 5) is 10.6. The topological polar surface area (TPSA) is 44.9 Å². The largest absolute Gasteiger partial charge is 0.456 e. The van der Waals surface area contributed by atoms with Gasteiger partial charge in [0.2, 0.25) is 5.95 Å². The Hall–Kier alpha value is -8.28. The maximum Gasteiger partial charge on any atom is 0.235 e. The minimum absolute atomic E-state index is 0.632. The number of ether oxygens (including phenoxy) is 1. The molecule has 0 radical (unpaired) electrons. The number of hydrogen-bond donors (Lipinski definition) is 0. The molecule has 0 saturated heterocycles. The van der Waals surface area contributed by atoms with Crippen molar-refractivity contribution >= 4 is 86.8 Å². The van der Waals surface area contributed by atoms with Gasteiger partial charge in [0.1, 0.15) is 11.5 Å². The van der Waals surface area contributed by atoms with Crippen LogP contribution in [0.5, 0.6) is 11.5 Å². The summed E-state index contributed by atoms with van der Waals surface area (Å²) in [5.74, 6) is 2.21. The summed E-state index contributed by atoms with van der Waals surface area (Å²) in [6, 6.07) is 69.9.